The Kier molecular flexibility index (Phi) is 6.47. The van der Waals surface area contributed by atoms with Gasteiger partial charge in [0.05, 0.1) is 12.4 Å². The summed E-state index contributed by atoms with van der Waals surface area (Å²) < 4.78 is 7.19. The molecule has 1 N–H and O–H groups in total. The van der Waals surface area contributed by atoms with Gasteiger partial charge in [-0.1, -0.05) is 30.8 Å². The Morgan fingerprint density at radius 2 is 1.77 bits per heavy atom. The Morgan fingerprint density at radius 3 is 2.48 bits per heavy atom. The van der Waals surface area contributed by atoms with Crippen LogP contribution in [0.4, 0.5) is 5.69 Å². The Morgan fingerprint density at radius 1 is 1.00 bits per heavy atom. The number of nitrogens with one attached hydrogen (secondary N) is 1. The van der Waals surface area contributed by atoms with Gasteiger partial charge in [-0.15, -0.1) is 10.2 Å². The number of aromatic nitrogens is 4. The van der Waals surface area contributed by atoms with Gasteiger partial charge in [0.15, 0.2) is 11.5 Å². The summed E-state index contributed by atoms with van der Waals surface area (Å²) in [5.74, 6) is 1.63. The van der Waals surface area contributed by atoms with Crippen LogP contribution in [0.2, 0.25) is 0 Å². The molecule has 0 radical (unpaired) electrons. The predicted octanol–water partition coefficient (Wildman–Crippen LogP) is 4.48. The molecule has 2 heterocycles. The molecule has 1 amide bonds. The molecule has 0 saturated heterocycles. The van der Waals surface area contributed by atoms with Crippen LogP contribution >= 0.6 is 11.8 Å². The molecule has 0 aliphatic rings. The molecular formula is C23H23N5O2S. The zero-order valence-electron chi connectivity index (χ0n) is 17.4. The van der Waals surface area contributed by atoms with Crippen molar-refractivity contribution in [3.63, 3.8) is 0 Å². The normalized spacial score (nSPS) is 10.9. The van der Waals surface area contributed by atoms with Gasteiger partial charge in [-0.2, -0.15) is 9.61 Å². The third-order valence-corrected chi connectivity index (χ3v) is 5.58. The van der Waals surface area contributed by atoms with E-state index in [1.807, 2.05) is 67.6 Å². The fraction of sp³-hybridized carbons (Fsp3) is 0.217. The first kappa shape index (κ1) is 20.9. The zero-order chi connectivity index (χ0) is 21.6. The van der Waals surface area contributed by atoms with E-state index in [4.69, 9.17) is 4.74 Å². The third-order valence-electron chi connectivity index (χ3n) is 4.66. The number of anilines is 1. The van der Waals surface area contributed by atoms with Crippen molar-refractivity contribution in [2.75, 3.05) is 17.7 Å². The van der Waals surface area contributed by atoms with E-state index in [1.165, 1.54) is 17.3 Å². The lowest BCUT2D eigenvalue weighted by Crippen LogP contribution is -2.14. The van der Waals surface area contributed by atoms with Crippen LogP contribution in [-0.4, -0.2) is 38.1 Å². The van der Waals surface area contributed by atoms with Crippen molar-refractivity contribution < 1.29 is 9.53 Å². The Labute approximate surface area is 184 Å². The maximum atomic E-state index is 12.3. The highest BCUT2D eigenvalue weighted by Gasteiger charge is 2.12. The van der Waals surface area contributed by atoms with E-state index < -0.39 is 0 Å². The number of hydrogen-bond donors (Lipinski definition) is 1. The second-order valence-corrected chi connectivity index (χ2v) is 7.81. The van der Waals surface area contributed by atoms with Gasteiger partial charge in [0, 0.05) is 11.3 Å². The minimum Gasteiger partial charge on any atom is -0.494 e. The second kappa shape index (κ2) is 9.61. The predicted molar refractivity (Wildman–Crippen MR) is 123 cm³/mol. The van der Waals surface area contributed by atoms with E-state index >= 15 is 0 Å². The highest BCUT2D eigenvalue weighted by molar-refractivity contribution is 7.99. The SMILES string of the molecule is CCOc1ccc(-c2nnc3ccc(SCC(=O)Nc4ccc(CC)cc4)nn23)cc1. The highest BCUT2D eigenvalue weighted by atomic mass is 32.2. The van der Waals surface area contributed by atoms with Gasteiger partial charge in [0.25, 0.3) is 0 Å². The summed E-state index contributed by atoms with van der Waals surface area (Å²) in [5.41, 5.74) is 3.57. The summed E-state index contributed by atoms with van der Waals surface area (Å²) in [6, 6.07) is 19.2. The average Bonchev–Trinajstić information content (AvgIpc) is 3.22. The molecule has 0 aliphatic carbocycles. The van der Waals surface area contributed by atoms with Crippen molar-refractivity contribution in [1.29, 1.82) is 0 Å². The van der Waals surface area contributed by atoms with Gasteiger partial charge in [-0.3, -0.25) is 4.79 Å². The first-order chi connectivity index (χ1) is 15.2. The van der Waals surface area contributed by atoms with E-state index in [-0.39, 0.29) is 11.7 Å². The first-order valence-electron chi connectivity index (χ1n) is 10.1. The van der Waals surface area contributed by atoms with Crippen LogP contribution in [0.15, 0.2) is 65.7 Å². The molecular weight excluding hydrogens is 410 g/mol. The van der Waals surface area contributed by atoms with E-state index in [2.05, 4.69) is 27.5 Å². The van der Waals surface area contributed by atoms with Crippen molar-refractivity contribution in [2.45, 2.75) is 25.3 Å². The summed E-state index contributed by atoms with van der Waals surface area (Å²) >= 11 is 1.37. The molecule has 31 heavy (non-hydrogen) atoms. The van der Waals surface area contributed by atoms with E-state index in [9.17, 15) is 4.79 Å². The second-order valence-electron chi connectivity index (χ2n) is 6.81. The molecule has 8 heteroatoms. The number of hydrogen-bond acceptors (Lipinski definition) is 6. The van der Waals surface area contributed by atoms with Gasteiger partial charge in [0.2, 0.25) is 5.91 Å². The summed E-state index contributed by atoms with van der Waals surface area (Å²) in [6.45, 7) is 4.67. The molecule has 0 aliphatic heterocycles. The maximum absolute atomic E-state index is 12.3. The number of ether oxygens (including phenoxy) is 1. The van der Waals surface area contributed by atoms with Crippen molar-refractivity contribution in [3.05, 3.63) is 66.2 Å². The number of aryl methyl sites for hydroxylation is 1. The number of fused-ring (bicyclic) bond motifs is 1. The fourth-order valence-corrected chi connectivity index (χ4v) is 3.71. The van der Waals surface area contributed by atoms with Crippen LogP contribution in [0, 0.1) is 0 Å². The first-order valence-corrected chi connectivity index (χ1v) is 11.1. The zero-order valence-corrected chi connectivity index (χ0v) is 18.2. The fourth-order valence-electron chi connectivity index (χ4n) is 3.06. The highest BCUT2D eigenvalue weighted by Crippen LogP contribution is 2.23. The lowest BCUT2D eigenvalue weighted by atomic mass is 10.1. The van der Waals surface area contributed by atoms with E-state index in [0.717, 1.165) is 28.4 Å². The quantitative estimate of drug-likeness (QED) is 0.413. The van der Waals surface area contributed by atoms with Crippen molar-refractivity contribution >= 4 is 29.0 Å². The van der Waals surface area contributed by atoms with Crippen molar-refractivity contribution in [2.24, 2.45) is 0 Å². The number of nitrogens with zero attached hydrogens (tertiary/aromatic N) is 4. The van der Waals surface area contributed by atoms with Gasteiger partial charge in [-0.25, -0.2) is 0 Å². The van der Waals surface area contributed by atoms with Gasteiger partial charge in [-0.05, 0) is 67.4 Å². The molecule has 0 saturated carbocycles. The Balaban J connectivity index is 1.44. The van der Waals surface area contributed by atoms with Crippen LogP contribution < -0.4 is 10.1 Å². The van der Waals surface area contributed by atoms with Crippen molar-refractivity contribution in [1.82, 2.24) is 19.8 Å². The van der Waals surface area contributed by atoms with Crippen LogP contribution in [0.1, 0.15) is 19.4 Å². The minimum atomic E-state index is -0.0772. The van der Waals surface area contributed by atoms with Gasteiger partial charge < -0.3 is 10.1 Å². The third kappa shape index (κ3) is 5.03. The van der Waals surface area contributed by atoms with Crippen LogP contribution in [-0.2, 0) is 11.2 Å². The largest absolute Gasteiger partial charge is 0.494 e. The Hall–Kier alpha value is -3.39. The topological polar surface area (TPSA) is 81.4 Å². The molecule has 4 aromatic rings. The smallest absolute Gasteiger partial charge is 0.234 e. The molecule has 2 aromatic carbocycles. The van der Waals surface area contributed by atoms with E-state index in [0.29, 0.717) is 18.1 Å². The molecule has 0 fully saturated rings. The Bertz CT molecular complexity index is 1170. The van der Waals surface area contributed by atoms with Crippen LogP contribution in [0.5, 0.6) is 5.75 Å². The molecule has 0 unspecified atom stereocenters. The molecule has 0 atom stereocenters. The molecule has 0 spiro atoms. The minimum absolute atomic E-state index is 0.0772. The molecule has 158 valence electrons. The van der Waals surface area contributed by atoms with E-state index in [1.54, 1.807) is 4.52 Å². The summed E-state index contributed by atoms with van der Waals surface area (Å²) in [6.07, 6.45) is 0.972. The van der Waals surface area contributed by atoms with Gasteiger partial charge in [0.1, 0.15) is 10.8 Å². The van der Waals surface area contributed by atoms with Crippen molar-refractivity contribution in [3.8, 4) is 17.1 Å². The number of carbonyl (C=O) groups is 1. The number of thioether (sulfide) groups is 1. The van der Waals surface area contributed by atoms with Crippen LogP contribution in [0.3, 0.4) is 0 Å². The average molecular weight is 434 g/mol. The number of benzene rings is 2. The van der Waals surface area contributed by atoms with Gasteiger partial charge >= 0.3 is 0 Å². The number of carbonyl (C=O) groups excluding carboxylic acids is 1. The molecule has 7 nitrogen and oxygen atoms in total. The lowest BCUT2D eigenvalue weighted by molar-refractivity contribution is -0.113. The molecule has 4 rings (SSSR count). The lowest BCUT2D eigenvalue weighted by Gasteiger charge is -2.06. The summed E-state index contributed by atoms with van der Waals surface area (Å²) in [5, 5.41) is 16.7. The molecule has 2 aromatic heterocycles. The maximum Gasteiger partial charge on any atom is 0.234 e. The standard InChI is InChI=1S/C23H23N5O2S/c1-3-16-5-9-18(10-6-16)24-21(29)15-31-22-14-13-20-25-26-23(28(20)27-22)17-7-11-19(12-8-17)30-4-2/h5-14H,3-4,15H2,1-2H3,(H,24,29). The van der Waals surface area contributed by atoms with Crippen LogP contribution in [0.25, 0.3) is 17.0 Å². The summed E-state index contributed by atoms with van der Waals surface area (Å²) in [4.78, 5) is 12.3. The number of amides is 1. The molecule has 0 bridgehead atoms. The monoisotopic (exact) mass is 433 g/mol. The summed E-state index contributed by atoms with van der Waals surface area (Å²) in [7, 11) is 0. The number of rotatable bonds is 8.